The number of halogens is 1. The first kappa shape index (κ1) is 25.1. The molecule has 6 rings (SSSR count). The van der Waals surface area contributed by atoms with E-state index in [4.69, 9.17) is 11.6 Å². The minimum Gasteiger partial charge on any atom is -0.477 e. The largest absolute Gasteiger partial charge is 0.477 e. The molecule has 0 unspecified atom stereocenters. The van der Waals surface area contributed by atoms with Gasteiger partial charge in [0.1, 0.15) is 0 Å². The Bertz CT molecular complexity index is 2270. The van der Waals surface area contributed by atoms with Crippen molar-refractivity contribution in [2.45, 2.75) is 19.9 Å². The maximum Gasteiger partial charge on any atom is 0.354 e. The Labute approximate surface area is 227 Å². The van der Waals surface area contributed by atoms with Crippen molar-refractivity contribution in [2.75, 3.05) is 0 Å². The lowest BCUT2D eigenvalue weighted by molar-refractivity contribution is 0.0686. The van der Waals surface area contributed by atoms with Gasteiger partial charge < -0.3 is 19.6 Å². The van der Waals surface area contributed by atoms with Gasteiger partial charge in [0.25, 0.3) is 11.1 Å². The Morgan fingerprint density at radius 1 is 0.900 bits per heavy atom. The summed E-state index contributed by atoms with van der Waals surface area (Å²) in [5.74, 6) is -1.37. The Hall–Kier alpha value is -5.16. The molecule has 0 atom stereocenters. The van der Waals surface area contributed by atoms with E-state index in [9.17, 15) is 29.1 Å². The lowest BCUT2D eigenvalue weighted by atomic mass is 10.1. The van der Waals surface area contributed by atoms with E-state index < -0.39 is 28.5 Å². The first-order chi connectivity index (χ1) is 19.2. The molecule has 4 N–H and O–H groups in total. The minimum absolute atomic E-state index is 0.0751. The molecule has 12 heteroatoms. The Morgan fingerprint density at radius 3 is 2.42 bits per heavy atom. The molecule has 40 heavy (non-hydrogen) atoms. The third kappa shape index (κ3) is 3.86. The van der Waals surface area contributed by atoms with Crippen LogP contribution in [0.15, 0.2) is 73.8 Å². The highest BCUT2D eigenvalue weighted by Crippen LogP contribution is 2.32. The third-order valence-corrected chi connectivity index (χ3v) is 7.33. The Morgan fingerprint density at radius 2 is 1.68 bits per heavy atom. The van der Waals surface area contributed by atoms with Gasteiger partial charge in [-0.05, 0) is 53.9 Å². The van der Waals surface area contributed by atoms with Gasteiger partial charge in [0, 0.05) is 17.0 Å². The van der Waals surface area contributed by atoms with E-state index >= 15 is 0 Å². The van der Waals surface area contributed by atoms with Crippen molar-refractivity contribution in [1.82, 2.24) is 24.1 Å². The molecular formula is C28H20ClN5O6. The van der Waals surface area contributed by atoms with Gasteiger partial charge in [-0.2, -0.15) is 0 Å². The van der Waals surface area contributed by atoms with Gasteiger partial charge in [-0.25, -0.2) is 19.0 Å². The molecule has 0 bridgehead atoms. The number of rotatable bonds is 5. The lowest BCUT2D eigenvalue weighted by Crippen LogP contribution is -2.34. The first-order valence-corrected chi connectivity index (χ1v) is 12.6. The zero-order valence-electron chi connectivity index (χ0n) is 20.9. The maximum absolute atomic E-state index is 13.6. The number of H-pyrrole nitrogens is 3. The molecule has 200 valence electrons. The molecule has 0 aliphatic carbocycles. The minimum atomic E-state index is -1.37. The number of carboxylic acids is 1. The number of fused-ring (bicyclic) bond motifs is 3. The fourth-order valence-corrected chi connectivity index (χ4v) is 5.33. The molecule has 0 saturated carbocycles. The molecule has 3 aromatic heterocycles. The first-order valence-electron chi connectivity index (χ1n) is 12.3. The second-order valence-electron chi connectivity index (χ2n) is 9.31. The summed E-state index contributed by atoms with van der Waals surface area (Å²) >= 11 is 6.52. The SMILES string of the molecule is CCc1ccc2c(c1)c(-n1c(=O)[nH]c3ccccc3c1=O)c(C(=O)O)n2Cc1cc2c(=O)[nH]c(=O)[nH]c2cc1Cl. The zero-order valence-corrected chi connectivity index (χ0v) is 21.6. The number of aromatic nitrogens is 5. The van der Waals surface area contributed by atoms with Gasteiger partial charge in [0.15, 0.2) is 5.69 Å². The number of nitrogens with one attached hydrogen (secondary N) is 3. The van der Waals surface area contributed by atoms with Crippen molar-refractivity contribution in [3.63, 3.8) is 0 Å². The monoisotopic (exact) mass is 557 g/mol. The highest BCUT2D eigenvalue weighted by molar-refractivity contribution is 6.32. The van der Waals surface area contributed by atoms with Crippen molar-refractivity contribution < 1.29 is 9.90 Å². The van der Waals surface area contributed by atoms with Gasteiger partial charge in [0.2, 0.25) is 0 Å². The molecule has 0 fully saturated rings. The number of benzene rings is 3. The highest BCUT2D eigenvalue weighted by atomic mass is 35.5. The van der Waals surface area contributed by atoms with E-state index in [1.165, 1.54) is 16.7 Å². The summed E-state index contributed by atoms with van der Waals surface area (Å²) in [4.78, 5) is 71.2. The number of para-hydroxylation sites is 1. The van der Waals surface area contributed by atoms with Crippen molar-refractivity contribution in [3.05, 3.63) is 118 Å². The predicted molar refractivity (Wildman–Crippen MR) is 151 cm³/mol. The lowest BCUT2D eigenvalue weighted by Gasteiger charge is -2.12. The van der Waals surface area contributed by atoms with E-state index in [2.05, 4.69) is 15.0 Å². The van der Waals surface area contributed by atoms with E-state index in [0.717, 1.165) is 10.1 Å². The number of carbonyl (C=O) groups is 1. The molecule has 0 saturated heterocycles. The summed E-state index contributed by atoms with van der Waals surface area (Å²) < 4.78 is 2.29. The van der Waals surface area contributed by atoms with Crippen LogP contribution in [-0.2, 0) is 13.0 Å². The molecule has 6 aromatic rings. The molecule has 0 aliphatic heterocycles. The second kappa shape index (κ2) is 9.24. The number of aryl methyl sites for hydroxylation is 1. The Kier molecular flexibility index (Phi) is 5.81. The van der Waals surface area contributed by atoms with Gasteiger partial charge in [-0.1, -0.05) is 36.7 Å². The van der Waals surface area contributed by atoms with Gasteiger partial charge in [0.05, 0.1) is 33.0 Å². The quantitative estimate of drug-likeness (QED) is 0.254. The van der Waals surface area contributed by atoms with Crippen LogP contribution in [0.2, 0.25) is 5.02 Å². The smallest absolute Gasteiger partial charge is 0.354 e. The summed E-state index contributed by atoms with van der Waals surface area (Å²) in [6, 6.07) is 14.7. The normalized spacial score (nSPS) is 11.6. The topological polar surface area (TPSA) is 163 Å². The van der Waals surface area contributed by atoms with E-state index in [-0.39, 0.29) is 39.2 Å². The average molecular weight is 558 g/mol. The number of aromatic carboxylic acids is 1. The summed E-state index contributed by atoms with van der Waals surface area (Å²) in [6.45, 7) is 1.82. The maximum atomic E-state index is 13.6. The number of hydrogen-bond acceptors (Lipinski definition) is 5. The van der Waals surface area contributed by atoms with Crippen LogP contribution < -0.4 is 22.5 Å². The predicted octanol–water partition coefficient (Wildman–Crippen LogP) is 3.13. The molecule has 0 amide bonds. The Balaban J connectivity index is 1.70. The van der Waals surface area contributed by atoms with Crippen LogP contribution in [0, 0.1) is 0 Å². The van der Waals surface area contributed by atoms with Crippen LogP contribution in [0.5, 0.6) is 0 Å². The standard InChI is InChI=1S/C28H20ClN5O6/c1-2-13-7-8-21-17(9-13)22(34-25(36)15-5-3-4-6-19(15)31-28(34)40)23(26(37)38)33(21)12-14-10-16-20(11-18(14)29)30-27(39)32-24(16)35/h3-11H,2,12H2,1H3,(H,31,40)(H,37,38)(H2,30,32,35,39). The molecule has 3 heterocycles. The van der Waals surface area contributed by atoms with Crippen LogP contribution >= 0.6 is 11.6 Å². The van der Waals surface area contributed by atoms with Gasteiger partial charge in [-0.15, -0.1) is 0 Å². The molecule has 0 radical (unpaired) electrons. The summed E-state index contributed by atoms with van der Waals surface area (Å²) in [5, 5.41) is 11.4. The van der Waals surface area contributed by atoms with Crippen molar-refractivity contribution in [3.8, 4) is 5.69 Å². The molecule has 3 aromatic carbocycles. The van der Waals surface area contributed by atoms with Crippen LogP contribution in [0.25, 0.3) is 38.4 Å². The number of aromatic amines is 3. The van der Waals surface area contributed by atoms with E-state index in [0.29, 0.717) is 28.4 Å². The molecule has 0 spiro atoms. The molecule has 0 aliphatic rings. The highest BCUT2D eigenvalue weighted by Gasteiger charge is 2.27. The van der Waals surface area contributed by atoms with Crippen molar-refractivity contribution >= 4 is 50.3 Å². The van der Waals surface area contributed by atoms with Crippen molar-refractivity contribution in [1.29, 1.82) is 0 Å². The summed E-state index contributed by atoms with van der Waals surface area (Å²) in [5.41, 5.74) is -0.904. The van der Waals surface area contributed by atoms with E-state index in [1.54, 1.807) is 36.4 Å². The molecular weight excluding hydrogens is 538 g/mol. The van der Waals surface area contributed by atoms with Gasteiger partial charge >= 0.3 is 17.3 Å². The van der Waals surface area contributed by atoms with Crippen LogP contribution in [0.1, 0.15) is 28.5 Å². The number of carboxylic acid groups (broad SMARTS) is 1. The van der Waals surface area contributed by atoms with Crippen LogP contribution in [0.4, 0.5) is 0 Å². The number of hydrogen-bond donors (Lipinski definition) is 4. The van der Waals surface area contributed by atoms with Gasteiger partial charge in [-0.3, -0.25) is 14.6 Å². The fourth-order valence-electron chi connectivity index (χ4n) is 5.10. The average Bonchev–Trinajstić information content (AvgIpc) is 3.22. The number of nitrogens with zero attached hydrogens (tertiary/aromatic N) is 2. The fraction of sp³-hybridized carbons (Fsp3) is 0.107. The van der Waals surface area contributed by atoms with Crippen LogP contribution in [-0.4, -0.2) is 35.2 Å². The summed E-state index contributed by atoms with van der Waals surface area (Å²) in [6.07, 6.45) is 0.628. The third-order valence-electron chi connectivity index (χ3n) is 6.98. The summed E-state index contributed by atoms with van der Waals surface area (Å²) in [7, 11) is 0. The molecule has 11 nitrogen and oxygen atoms in total. The van der Waals surface area contributed by atoms with Crippen LogP contribution in [0.3, 0.4) is 0 Å². The second-order valence-corrected chi connectivity index (χ2v) is 9.71. The van der Waals surface area contributed by atoms with E-state index in [1.807, 2.05) is 13.0 Å². The zero-order chi connectivity index (χ0) is 28.3. The van der Waals surface area contributed by atoms with Crippen molar-refractivity contribution in [2.24, 2.45) is 0 Å².